The zero-order valence-corrected chi connectivity index (χ0v) is 12.8. The highest BCUT2D eigenvalue weighted by atomic mass is 16.6. The molecule has 0 heterocycles. The van der Waals surface area contributed by atoms with Gasteiger partial charge in [0, 0.05) is 0 Å². The van der Waals surface area contributed by atoms with Crippen LogP contribution in [0.1, 0.15) is 32.8 Å². The van der Waals surface area contributed by atoms with Gasteiger partial charge in [-0.25, -0.2) is 0 Å². The summed E-state index contributed by atoms with van der Waals surface area (Å²) in [4.78, 5) is 24.1. The Balaban J connectivity index is 2.84. The van der Waals surface area contributed by atoms with E-state index in [2.05, 4.69) is 0 Å². The Labute approximate surface area is 125 Å². The number of esters is 2. The van der Waals surface area contributed by atoms with Crippen molar-refractivity contribution in [2.24, 2.45) is 5.41 Å². The first-order valence-electron chi connectivity index (χ1n) is 7.10. The smallest absolute Gasteiger partial charge is 0.323 e. The molecular weight excluding hydrogens is 268 g/mol. The monoisotopic (exact) mass is 290 g/mol. The Morgan fingerprint density at radius 1 is 1.05 bits per heavy atom. The van der Waals surface area contributed by atoms with Crippen molar-refractivity contribution >= 4 is 18.0 Å². The maximum absolute atomic E-state index is 12.1. The molecule has 21 heavy (non-hydrogen) atoms. The van der Waals surface area contributed by atoms with E-state index in [0.29, 0.717) is 0 Å². The van der Waals surface area contributed by atoms with Gasteiger partial charge in [-0.2, -0.15) is 0 Å². The van der Waals surface area contributed by atoms with Crippen LogP contribution in [-0.2, 0) is 19.1 Å². The number of carbonyl (C=O) groups is 2. The Morgan fingerprint density at radius 2 is 1.57 bits per heavy atom. The second-order valence-electron chi connectivity index (χ2n) is 4.79. The Hall–Kier alpha value is -2.10. The molecule has 0 aromatic heterocycles. The molecule has 0 aliphatic heterocycles. The van der Waals surface area contributed by atoms with Crippen molar-refractivity contribution in [1.29, 1.82) is 0 Å². The molecule has 0 N–H and O–H groups in total. The van der Waals surface area contributed by atoms with Gasteiger partial charge in [-0.3, -0.25) is 9.59 Å². The summed E-state index contributed by atoms with van der Waals surface area (Å²) in [6.07, 6.45) is 3.90. The lowest BCUT2D eigenvalue weighted by Crippen LogP contribution is -2.39. The molecule has 0 spiro atoms. The molecule has 1 rings (SSSR count). The normalized spacial score (nSPS) is 11.4. The van der Waals surface area contributed by atoms with Crippen molar-refractivity contribution in [3.05, 3.63) is 42.0 Å². The summed E-state index contributed by atoms with van der Waals surface area (Å²) >= 11 is 0. The first-order valence-corrected chi connectivity index (χ1v) is 7.10. The standard InChI is InChI=1S/C17H22O4/c1-4-20-15(18)17(3,16(19)21-5-2)13-9-12-14-10-7-6-8-11-14/h6-12H,4-5,13H2,1-3H3/b12-9+. The molecule has 114 valence electrons. The first-order chi connectivity index (χ1) is 10.0. The van der Waals surface area contributed by atoms with Crippen LogP contribution in [-0.4, -0.2) is 25.2 Å². The summed E-state index contributed by atoms with van der Waals surface area (Å²) in [5.41, 5.74) is -0.301. The molecule has 0 atom stereocenters. The van der Waals surface area contributed by atoms with E-state index in [1.807, 2.05) is 36.4 Å². The van der Waals surface area contributed by atoms with Gasteiger partial charge in [-0.05, 0) is 32.8 Å². The Morgan fingerprint density at radius 3 is 2.05 bits per heavy atom. The minimum absolute atomic E-state index is 0.232. The number of carbonyl (C=O) groups excluding carboxylic acids is 2. The molecule has 1 aromatic carbocycles. The van der Waals surface area contributed by atoms with E-state index in [9.17, 15) is 9.59 Å². The average molecular weight is 290 g/mol. The van der Waals surface area contributed by atoms with E-state index in [1.165, 1.54) is 0 Å². The summed E-state index contributed by atoms with van der Waals surface area (Å²) in [5.74, 6) is -1.11. The Bertz CT molecular complexity index is 473. The van der Waals surface area contributed by atoms with Gasteiger partial charge in [0.05, 0.1) is 13.2 Å². The minimum atomic E-state index is -1.31. The molecule has 0 amide bonds. The van der Waals surface area contributed by atoms with E-state index < -0.39 is 17.4 Å². The van der Waals surface area contributed by atoms with E-state index >= 15 is 0 Å². The van der Waals surface area contributed by atoms with Crippen LogP contribution in [0.25, 0.3) is 6.08 Å². The van der Waals surface area contributed by atoms with E-state index in [1.54, 1.807) is 26.8 Å². The fraction of sp³-hybridized carbons (Fsp3) is 0.412. The third-order valence-electron chi connectivity index (χ3n) is 3.09. The van der Waals surface area contributed by atoms with Crippen molar-refractivity contribution in [1.82, 2.24) is 0 Å². The third kappa shape index (κ3) is 4.74. The fourth-order valence-electron chi connectivity index (χ4n) is 1.83. The van der Waals surface area contributed by atoms with Crippen LogP contribution in [0.15, 0.2) is 36.4 Å². The lowest BCUT2D eigenvalue weighted by molar-refractivity contribution is -0.170. The van der Waals surface area contributed by atoms with E-state index in [4.69, 9.17) is 9.47 Å². The van der Waals surface area contributed by atoms with Gasteiger partial charge < -0.3 is 9.47 Å². The van der Waals surface area contributed by atoms with Gasteiger partial charge in [0.15, 0.2) is 5.41 Å². The Kier molecular flexibility index (Phi) is 6.66. The zero-order chi connectivity index (χ0) is 15.7. The predicted molar refractivity (Wildman–Crippen MR) is 81.5 cm³/mol. The number of ether oxygens (including phenoxy) is 2. The quantitative estimate of drug-likeness (QED) is 0.571. The lowest BCUT2D eigenvalue weighted by atomic mass is 9.86. The molecule has 0 unspecified atom stereocenters. The molecule has 0 saturated carbocycles. The molecule has 0 saturated heterocycles. The highest BCUT2D eigenvalue weighted by Crippen LogP contribution is 2.26. The van der Waals surface area contributed by atoms with Crippen molar-refractivity contribution in [2.75, 3.05) is 13.2 Å². The van der Waals surface area contributed by atoms with Crippen LogP contribution < -0.4 is 0 Å². The molecule has 4 heteroatoms. The molecule has 0 radical (unpaired) electrons. The highest BCUT2D eigenvalue weighted by Gasteiger charge is 2.43. The summed E-state index contributed by atoms with van der Waals surface area (Å²) in [5, 5.41) is 0. The topological polar surface area (TPSA) is 52.6 Å². The van der Waals surface area contributed by atoms with Crippen LogP contribution in [0.2, 0.25) is 0 Å². The van der Waals surface area contributed by atoms with Crippen LogP contribution in [0, 0.1) is 5.41 Å². The highest BCUT2D eigenvalue weighted by molar-refractivity contribution is 5.99. The summed E-state index contributed by atoms with van der Waals surface area (Å²) in [7, 11) is 0. The number of hydrogen-bond acceptors (Lipinski definition) is 4. The minimum Gasteiger partial charge on any atom is -0.465 e. The number of allylic oxidation sites excluding steroid dienone is 1. The molecule has 0 bridgehead atoms. The molecule has 0 fully saturated rings. The van der Waals surface area contributed by atoms with E-state index in [0.717, 1.165) is 5.56 Å². The first kappa shape index (κ1) is 17.0. The third-order valence-corrected chi connectivity index (χ3v) is 3.09. The van der Waals surface area contributed by atoms with Crippen molar-refractivity contribution in [3.8, 4) is 0 Å². The second kappa shape index (κ2) is 8.25. The number of hydrogen-bond donors (Lipinski definition) is 0. The van der Waals surface area contributed by atoms with Gasteiger partial charge in [-0.15, -0.1) is 0 Å². The van der Waals surface area contributed by atoms with Crippen LogP contribution in [0.4, 0.5) is 0 Å². The van der Waals surface area contributed by atoms with Gasteiger partial charge >= 0.3 is 11.9 Å². The average Bonchev–Trinajstić information content (AvgIpc) is 2.48. The lowest BCUT2D eigenvalue weighted by Gasteiger charge is -2.23. The van der Waals surface area contributed by atoms with Gasteiger partial charge in [0.1, 0.15) is 0 Å². The molecule has 4 nitrogen and oxygen atoms in total. The zero-order valence-electron chi connectivity index (χ0n) is 12.8. The molecule has 0 aliphatic rings. The maximum Gasteiger partial charge on any atom is 0.323 e. The van der Waals surface area contributed by atoms with Gasteiger partial charge in [-0.1, -0.05) is 42.5 Å². The predicted octanol–water partition coefficient (Wildman–Crippen LogP) is 3.22. The molecule has 0 aliphatic carbocycles. The summed E-state index contributed by atoms with van der Waals surface area (Å²) < 4.78 is 10.0. The molecular formula is C17H22O4. The summed E-state index contributed by atoms with van der Waals surface area (Å²) in [6, 6.07) is 9.68. The number of benzene rings is 1. The second-order valence-corrected chi connectivity index (χ2v) is 4.79. The van der Waals surface area contributed by atoms with Gasteiger partial charge in [0.25, 0.3) is 0 Å². The van der Waals surface area contributed by atoms with Gasteiger partial charge in [0.2, 0.25) is 0 Å². The fourth-order valence-corrected chi connectivity index (χ4v) is 1.83. The van der Waals surface area contributed by atoms with Crippen LogP contribution in [0.3, 0.4) is 0 Å². The van der Waals surface area contributed by atoms with E-state index in [-0.39, 0.29) is 19.6 Å². The van der Waals surface area contributed by atoms with Crippen molar-refractivity contribution in [3.63, 3.8) is 0 Å². The largest absolute Gasteiger partial charge is 0.465 e. The van der Waals surface area contributed by atoms with Crippen molar-refractivity contribution in [2.45, 2.75) is 27.2 Å². The van der Waals surface area contributed by atoms with Crippen LogP contribution in [0.5, 0.6) is 0 Å². The number of rotatable bonds is 7. The molecule has 1 aromatic rings. The van der Waals surface area contributed by atoms with Crippen LogP contribution >= 0.6 is 0 Å². The van der Waals surface area contributed by atoms with Crippen molar-refractivity contribution < 1.29 is 19.1 Å². The summed E-state index contributed by atoms with van der Waals surface area (Å²) in [6.45, 7) is 5.44. The SMILES string of the molecule is CCOC(=O)C(C)(C/C=C/c1ccccc1)C(=O)OCC. The maximum atomic E-state index is 12.1.